The van der Waals surface area contributed by atoms with Gasteiger partial charge >= 0.3 is 0 Å². The molecule has 1 N–H and O–H groups in total. The van der Waals surface area contributed by atoms with Gasteiger partial charge in [0.1, 0.15) is 0 Å². The molecular formula is C13H28N2S. The molecular weight excluding hydrogens is 216 g/mol. The van der Waals surface area contributed by atoms with E-state index in [-0.39, 0.29) is 0 Å². The first-order chi connectivity index (χ1) is 7.86. The highest BCUT2D eigenvalue weighted by molar-refractivity contribution is 7.98. The highest BCUT2D eigenvalue weighted by atomic mass is 32.2. The van der Waals surface area contributed by atoms with E-state index in [2.05, 4.69) is 23.4 Å². The fraction of sp³-hybridized carbons (Fsp3) is 1.00. The van der Waals surface area contributed by atoms with Gasteiger partial charge in [-0.1, -0.05) is 6.92 Å². The second kappa shape index (κ2) is 9.32. The maximum atomic E-state index is 3.45. The lowest BCUT2D eigenvalue weighted by molar-refractivity contribution is 0.206. The van der Waals surface area contributed by atoms with Crippen LogP contribution in [0.4, 0.5) is 0 Å². The molecule has 0 aliphatic carbocycles. The van der Waals surface area contributed by atoms with Crippen LogP contribution in [0.2, 0.25) is 0 Å². The Morgan fingerprint density at radius 3 is 2.62 bits per heavy atom. The fourth-order valence-corrected chi connectivity index (χ4v) is 2.89. The Morgan fingerprint density at radius 2 is 2.00 bits per heavy atom. The minimum atomic E-state index is 0.946. The molecule has 1 aliphatic rings. The number of nitrogens with zero attached hydrogens (tertiary/aromatic N) is 1. The molecule has 0 amide bonds. The van der Waals surface area contributed by atoms with Crippen molar-refractivity contribution < 1.29 is 0 Å². The number of piperidine rings is 1. The Balaban J connectivity index is 2.19. The Kier molecular flexibility index (Phi) is 8.34. The average molecular weight is 244 g/mol. The van der Waals surface area contributed by atoms with Gasteiger partial charge in [-0.15, -0.1) is 0 Å². The lowest BCUT2D eigenvalue weighted by Crippen LogP contribution is -2.37. The van der Waals surface area contributed by atoms with Crippen molar-refractivity contribution in [1.29, 1.82) is 0 Å². The highest BCUT2D eigenvalue weighted by Gasteiger charge is 2.16. The molecule has 1 rings (SSSR count). The molecule has 1 fully saturated rings. The normalized spacial score (nSPS) is 18.2. The van der Waals surface area contributed by atoms with Crippen molar-refractivity contribution in [3.63, 3.8) is 0 Å². The molecule has 0 unspecified atom stereocenters. The van der Waals surface area contributed by atoms with Gasteiger partial charge in [-0.2, -0.15) is 11.8 Å². The zero-order chi connectivity index (χ0) is 11.6. The largest absolute Gasteiger partial charge is 0.317 e. The van der Waals surface area contributed by atoms with Gasteiger partial charge < -0.3 is 10.2 Å². The molecule has 0 saturated carbocycles. The van der Waals surface area contributed by atoms with Crippen molar-refractivity contribution in [3.8, 4) is 0 Å². The van der Waals surface area contributed by atoms with Crippen molar-refractivity contribution in [3.05, 3.63) is 0 Å². The summed E-state index contributed by atoms with van der Waals surface area (Å²) in [7, 11) is 0. The summed E-state index contributed by atoms with van der Waals surface area (Å²) in [5.74, 6) is 2.26. The van der Waals surface area contributed by atoms with Crippen molar-refractivity contribution >= 4 is 11.8 Å². The number of nitrogens with one attached hydrogen (secondary N) is 1. The number of thioether (sulfide) groups is 1. The lowest BCUT2D eigenvalue weighted by Gasteiger charge is -2.29. The van der Waals surface area contributed by atoms with Crippen LogP contribution < -0.4 is 5.32 Å². The van der Waals surface area contributed by atoms with E-state index in [1.54, 1.807) is 0 Å². The van der Waals surface area contributed by atoms with E-state index < -0.39 is 0 Å². The molecule has 1 saturated heterocycles. The van der Waals surface area contributed by atoms with Crippen molar-refractivity contribution in [1.82, 2.24) is 10.2 Å². The van der Waals surface area contributed by atoms with Gasteiger partial charge in [0, 0.05) is 6.54 Å². The SMILES string of the molecule is CCCN(CCCSC)CC1CCNCC1. The first-order valence-corrected chi connectivity index (χ1v) is 8.18. The predicted molar refractivity (Wildman–Crippen MR) is 75.3 cm³/mol. The fourth-order valence-electron chi connectivity index (χ4n) is 2.47. The number of hydrogen-bond acceptors (Lipinski definition) is 3. The summed E-state index contributed by atoms with van der Waals surface area (Å²) in [5, 5.41) is 3.45. The highest BCUT2D eigenvalue weighted by Crippen LogP contribution is 2.14. The van der Waals surface area contributed by atoms with Crippen LogP contribution in [0.15, 0.2) is 0 Å². The second-order valence-corrected chi connectivity index (χ2v) is 5.83. The zero-order valence-electron chi connectivity index (χ0n) is 11.0. The summed E-state index contributed by atoms with van der Waals surface area (Å²) < 4.78 is 0. The van der Waals surface area contributed by atoms with Gasteiger partial charge in [0.2, 0.25) is 0 Å². The van der Waals surface area contributed by atoms with Crippen LogP contribution in [0.5, 0.6) is 0 Å². The van der Waals surface area contributed by atoms with Crippen molar-refractivity contribution in [2.75, 3.05) is 44.7 Å². The molecule has 0 aromatic heterocycles. The van der Waals surface area contributed by atoms with E-state index in [0.717, 1.165) is 5.92 Å². The standard InChI is InChI=1S/C13H28N2S/c1-3-9-15(10-4-11-16-2)12-13-5-7-14-8-6-13/h13-14H,3-12H2,1-2H3. The molecule has 96 valence electrons. The molecule has 3 heteroatoms. The van der Waals surface area contributed by atoms with Crippen LogP contribution in [-0.2, 0) is 0 Å². The van der Waals surface area contributed by atoms with E-state index >= 15 is 0 Å². The quantitative estimate of drug-likeness (QED) is 0.660. The van der Waals surface area contributed by atoms with E-state index in [4.69, 9.17) is 0 Å². The molecule has 1 heterocycles. The van der Waals surface area contributed by atoms with E-state index in [1.807, 2.05) is 11.8 Å². The van der Waals surface area contributed by atoms with Gasteiger partial charge in [0.15, 0.2) is 0 Å². The van der Waals surface area contributed by atoms with Gasteiger partial charge in [-0.25, -0.2) is 0 Å². The summed E-state index contributed by atoms with van der Waals surface area (Å²) >= 11 is 1.97. The third-order valence-electron chi connectivity index (χ3n) is 3.34. The number of rotatable bonds is 8. The Morgan fingerprint density at radius 1 is 1.25 bits per heavy atom. The minimum absolute atomic E-state index is 0.946. The molecule has 16 heavy (non-hydrogen) atoms. The van der Waals surface area contributed by atoms with E-state index in [0.29, 0.717) is 0 Å². The minimum Gasteiger partial charge on any atom is -0.317 e. The van der Waals surface area contributed by atoms with Crippen LogP contribution >= 0.6 is 11.8 Å². The van der Waals surface area contributed by atoms with Gasteiger partial charge in [-0.05, 0) is 69.8 Å². The first kappa shape index (κ1) is 14.3. The summed E-state index contributed by atoms with van der Waals surface area (Å²) in [5.41, 5.74) is 0. The van der Waals surface area contributed by atoms with Crippen molar-refractivity contribution in [2.24, 2.45) is 5.92 Å². The van der Waals surface area contributed by atoms with Gasteiger partial charge in [-0.3, -0.25) is 0 Å². The Labute approximate surface area is 106 Å². The third-order valence-corrected chi connectivity index (χ3v) is 4.03. The van der Waals surface area contributed by atoms with Gasteiger partial charge in [0.25, 0.3) is 0 Å². The topological polar surface area (TPSA) is 15.3 Å². The molecule has 1 aliphatic heterocycles. The maximum absolute atomic E-state index is 3.45. The first-order valence-electron chi connectivity index (χ1n) is 6.78. The van der Waals surface area contributed by atoms with Crippen LogP contribution in [-0.4, -0.2) is 49.6 Å². The van der Waals surface area contributed by atoms with Crippen LogP contribution in [0.3, 0.4) is 0 Å². The van der Waals surface area contributed by atoms with E-state index in [9.17, 15) is 0 Å². The Bertz CT molecular complexity index is 158. The lowest BCUT2D eigenvalue weighted by atomic mass is 9.97. The summed E-state index contributed by atoms with van der Waals surface area (Å²) in [6.07, 6.45) is 7.61. The predicted octanol–water partition coefficient (Wildman–Crippen LogP) is 2.45. The third kappa shape index (κ3) is 6.12. The molecule has 0 aromatic carbocycles. The number of hydrogen-bond donors (Lipinski definition) is 1. The van der Waals surface area contributed by atoms with E-state index in [1.165, 1.54) is 64.2 Å². The average Bonchev–Trinajstić information content (AvgIpc) is 2.31. The monoisotopic (exact) mass is 244 g/mol. The molecule has 0 spiro atoms. The van der Waals surface area contributed by atoms with Crippen molar-refractivity contribution in [2.45, 2.75) is 32.6 Å². The molecule has 0 atom stereocenters. The van der Waals surface area contributed by atoms with Crippen LogP contribution in [0, 0.1) is 5.92 Å². The maximum Gasteiger partial charge on any atom is 0.00106 e. The summed E-state index contributed by atoms with van der Waals surface area (Å²) in [4.78, 5) is 2.69. The van der Waals surface area contributed by atoms with Crippen LogP contribution in [0.25, 0.3) is 0 Å². The second-order valence-electron chi connectivity index (χ2n) is 4.84. The smallest absolute Gasteiger partial charge is 0.00106 e. The summed E-state index contributed by atoms with van der Waals surface area (Å²) in [6.45, 7) is 8.69. The zero-order valence-corrected chi connectivity index (χ0v) is 11.8. The van der Waals surface area contributed by atoms with Gasteiger partial charge in [0.05, 0.1) is 0 Å². The molecule has 0 bridgehead atoms. The molecule has 0 radical (unpaired) electrons. The summed E-state index contributed by atoms with van der Waals surface area (Å²) in [6, 6.07) is 0. The van der Waals surface area contributed by atoms with Crippen LogP contribution in [0.1, 0.15) is 32.6 Å². The molecule has 0 aromatic rings. The molecule has 2 nitrogen and oxygen atoms in total. The Hall–Kier alpha value is 0.270.